The van der Waals surface area contributed by atoms with Gasteiger partial charge >= 0.3 is 5.97 Å². The largest absolute Gasteiger partial charge is 0.478 e. The van der Waals surface area contributed by atoms with Gasteiger partial charge < -0.3 is 10.2 Å². The molecule has 1 saturated heterocycles. The van der Waals surface area contributed by atoms with E-state index in [1.54, 1.807) is 0 Å². The Balaban J connectivity index is 2.35. The number of aliphatic hydroxyl groups excluding tert-OH is 1. The Kier molecular flexibility index (Phi) is 3.57. The van der Waals surface area contributed by atoms with Gasteiger partial charge in [-0.1, -0.05) is 0 Å². The zero-order valence-electron chi connectivity index (χ0n) is 9.78. The van der Waals surface area contributed by atoms with E-state index in [0.29, 0.717) is 0 Å². The summed E-state index contributed by atoms with van der Waals surface area (Å²) in [4.78, 5) is 10.1. The number of hydrogen-bond donors (Lipinski definition) is 2. The van der Waals surface area contributed by atoms with Gasteiger partial charge in [-0.25, -0.2) is 17.6 Å². The highest BCUT2D eigenvalue weighted by Crippen LogP contribution is 2.27. The van der Waals surface area contributed by atoms with Crippen LogP contribution in [0.4, 0.5) is 4.39 Å². The molecule has 0 aliphatic carbocycles. The van der Waals surface area contributed by atoms with Crippen LogP contribution in [0.3, 0.4) is 0 Å². The maximum absolute atomic E-state index is 13.6. The molecule has 0 bridgehead atoms. The molecule has 0 unspecified atom stereocenters. The van der Waals surface area contributed by atoms with Gasteiger partial charge in [0.15, 0.2) is 0 Å². The number of carbonyl (C=O) groups is 1. The third kappa shape index (κ3) is 2.46. The third-order valence-electron chi connectivity index (χ3n) is 2.98. The fraction of sp³-hybridized carbons (Fsp3) is 0.364. The Bertz CT molecular complexity index is 610. The maximum Gasteiger partial charge on any atom is 0.335 e. The topological polar surface area (TPSA) is 94.9 Å². The highest BCUT2D eigenvalue weighted by Gasteiger charge is 2.37. The highest BCUT2D eigenvalue weighted by molar-refractivity contribution is 7.89. The average Bonchev–Trinajstić information content (AvgIpc) is 2.27. The molecular weight excluding hydrogens is 277 g/mol. The second kappa shape index (κ2) is 4.87. The molecule has 1 aromatic rings. The molecule has 2 N–H and O–H groups in total. The molecule has 0 spiro atoms. The second-order valence-electron chi connectivity index (χ2n) is 4.32. The quantitative estimate of drug-likeness (QED) is 0.822. The molecule has 8 heteroatoms. The van der Waals surface area contributed by atoms with Crippen molar-refractivity contribution in [1.82, 2.24) is 4.31 Å². The standard InChI is InChI=1S/C11H12FNO5S/c12-9-2-1-8(11(15)16)3-10(9)19(17,18)13-4-7(5-13)6-14/h1-3,7,14H,4-6H2,(H,15,16). The molecule has 19 heavy (non-hydrogen) atoms. The van der Waals surface area contributed by atoms with Crippen molar-refractivity contribution in [1.29, 1.82) is 0 Å². The number of carboxylic acid groups (broad SMARTS) is 1. The molecular formula is C11H12FNO5S. The van der Waals surface area contributed by atoms with Gasteiger partial charge in [0.2, 0.25) is 10.0 Å². The van der Waals surface area contributed by atoms with Crippen LogP contribution in [0.2, 0.25) is 0 Å². The van der Waals surface area contributed by atoms with Crippen molar-refractivity contribution >= 4 is 16.0 Å². The molecule has 0 aromatic heterocycles. The highest BCUT2D eigenvalue weighted by atomic mass is 32.2. The van der Waals surface area contributed by atoms with Crippen LogP contribution in [-0.2, 0) is 10.0 Å². The van der Waals surface area contributed by atoms with Crippen molar-refractivity contribution in [2.75, 3.05) is 19.7 Å². The molecule has 2 rings (SSSR count). The first-order valence-corrected chi connectivity index (χ1v) is 6.94. The van der Waals surface area contributed by atoms with Crippen LogP contribution in [0, 0.1) is 11.7 Å². The second-order valence-corrected chi connectivity index (χ2v) is 6.23. The lowest BCUT2D eigenvalue weighted by atomic mass is 10.1. The molecule has 104 valence electrons. The van der Waals surface area contributed by atoms with Crippen LogP contribution in [-0.4, -0.2) is 48.6 Å². The fourth-order valence-electron chi connectivity index (χ4n) is 1.81. The van der Waals surface area contributed by atoms with E-state index in [0.717, 1.165) is 22.5 Å². The molecule has 1 aliphatic heterocycles. The molecule has 0 amide bonds. The lowest BCUT2D eigenvalue weighted by Gasteiger charge is -2.36. The minimum Gasteiger partial charge on any atom is -0.478 e. The number of aliphatic hydroxyl groups is 1. The van der Waals surface area contributed by atoms with Crippen LogP contribution in [0.25, 0.3) is 0 Å². The number of carboxylic acids is 1. The van der Waals surface area contributed by atoms with Gasteiger partial charge in [0.1, 0.15) is 10.7 Å². The van der Waals surface area contributed by atoms with Gasteiger partial charge in [0.25, 0.3) is 0 Å². The number of sulfonamides is 1. The first-order chi connectivity index (χ1) is 8.86. The summed E-state index contributed by atoms with van der Waals surface area (Å²) in [6.07, 6.45) is 0. The van der Waals surface area contributed by atoms with Crippen LogP contribution in [0.1, 0.15) is 10.4 Å². The van der Waals surface area contributed by atoms with Crippen molar-refractivity contribution in [2.45, 2.75) is 4.90 Å². The van der Waals surface area contributed by atoms with E-state index in [4.69, 9.17) is 10.2 Å². The number of hydrogen-bond acceptors (Lipinski definition) is 4. The molecule has 1 aromatic carbocycles. The Hall–Kier alpha value is -1.51. The predicted octanol–water partition coefficient (Wildman–Crippen LogP) is 0.137. The lowest BCUT2D eigenvalue weighted by molar-refractivity contribution is 0.0696. The SMILES string of the molecule is O=C(O)c1ccc(F)c(S(=O)(=O)N2CC(CO)C2)c1. The van der Waals surface area contributed by atoms with Gasteiger partial charge in [-0.15, -0.1) is 0 Å². The Morgan fingerprint density at radius 2 is 2.05 bits per heavy atom. The number of nitrogens with zero attached hydrogens (tertiary/aromatic N) is 1. The number of rotatable bonds is 4. The summed E-state index contributed by atoms with van der Waals surface area (Å²) < 4.78 is 38.8. The third-order valence-corrected chi connectivity index (χ3v) is 4.82. The van der Waals surface area contributed by atoms with E-state index >= 15 is 0 Å². The van der Waals surface area contributed by atoms with Crippen molar-refractivity contribution in [3.05, 3.63) is 29.6 Å². The molecule has 1 aliphatic rings. The summed E-state index contributed by atoms with van der Waals surface area (Å²) in [6.45, 7) is 0.0782. The Morgan fingerprint density at radius 1 is 1.42 bits per heavy atom. The Labute approximate surface area is 109 Å². The normalized spacial score (nSPS) is 17.2. The van der Waals surface area contributed by atoms with Crippen LogP contribution in [0.5, 0.6) is 0 Å². The van der Waals surface area contributed by atoms with E-state index < -0.39 is 26.7 Å². The summed E-state index contributed by atoms with van der Waals surface area (Å²) in [5.74, 6) is -2.47. The van der Waals surface area contributed by atoms with Gasteiger partial charge in [-0.2, -0.15) is 4.31 Å². The van der Waals surface area contributed by atoms with E-state index in [1.807, 2.05) is 0 Å². The predicted molar refractivity (Wildman–Crippen MR) is 62.7 cm³/mol. The minimum absolute atomic E-state index is 0.107. The van der Waals surface area contributed by atoms with E-state index in [9.17, 15) is 17.6 Å². The smallest absolute Gasteiger partial charge is 0.335 e. The number of benzene rings is 1. The fourth-order valence-corrected chi connectivity index (χ4v) is 3.49. The number of halogens is 1. The van der Waals surface area contributed by atoms with Crippen molar-refractivity contribution in [2.24, 2.45) is 5.92 Å². The monoisotopic (exact) mass is 289 g/mol. The van der Waals surface area contributed by atoms with E-state index in [1.165, 1.54) is 0 Å². The van der Waals surface area contributed by atoms with Crippen molar-refractivity contribution < 1.29 is 27.8 Å². The zero-order chi connectivity index (χ0) is 14.2. The van der Waals surface area contributed by atoms with Crippen molar-refractivity contribution in [3.63, 3.8) is 0 Å². The molecule has 1 heterocycles. The van der Waals surface area contributed by atoms with Crippen molar-refractivity contribution in [3.8, 4) is 0 Å². The Morgan fingerprint density at radius 3 is 2.58 bits per heavy atom. The number of aromatic carboxylic acids is 1. The van der Waals surface area contributed by atoms with E-state index in [2.05, 4.69) is 0 Å². The summed E-state index contributed by atoms with van der Waals surface area (Å²) >= 11 is 0. The van der Waals surface area contributed by atoms with Crippen LogP contribution < -0.4 is 0 Å². The van der Waals surface area contributed by atoms with Gasteiger partial charge in [0.05, 0.1) is 5.56 Å². The molecule has 0 atom stereocenters. The minimum atomic E-state index is -4.05. The zero-order valence-corrected chi connectivity index (χ0v) is 10.6. The molecule has 1 fully saturated rings. The average molecular weight is 289 g/mol. The van der Waals surface area contributed by atoms with E-state index in [-0.39, 0.29) is 31.2 Å². The maximum atomic E-state index is 13.6. The summed E-state index contributed by atoms with van der Waals surface area (Å²) in [5, 5.41) is 17.6. The summed E-state index contributed by atoms with van der Waals surface area (Å²) in [6, 6.07) is 2.63. The molecule has 6 nitrogen and oxygen atoms in total. The summed E-state index contributed by atoms with van der Waals surface area (Å²) in [7, 11) is -4.05. The molecule has 0 saturated carbocycles. The van der Waals surface area contributed by atoms with Gasteiger partial charge in [0, 0.05) is 25.6 Å². The lowest BCUT2D eigenvalue weighted by Crippen LogP contribution is -2.51. The molecule has 0 radical (unpaired) electrons. The summed E-state index contributed by atoms with van der Waals surface area (Å²) in [5.41, 5.74) is -0.292. The first kappa shape index (κ1) is 13.9. The first-order valence-electron chi connectivity index (χ1n) is 5.50. The van der Waals surface area contributed by atoms with Gasteiger partial charge in [-0.3, -0.25) is 0 Å². The van der Waals surface area contributed by atoms with Gasteiger partial charge in [-0.05, 0) is 18.2 Å². The van der Waals surface area contributed by atoms with Crippen LogP contribution >= 0.6 is 0 Å². The van der Waals surface area contributed by atoms with Crippen LogP contribution in [0.15, 0.2) is 23.1 Å².